The van der Waals surface area contributed by atoms with Crippen molar-refractivity contribution in [2.45, 2.75) is 31.8 Å². The van der Waals surface area contributed by atoms with Gasteiger partial charge in [0, 0.05) is 42.4 Å². The zero-order valence-electron chi connectivity index (χ0n) is 18.1. The molecule has 2 aliphatic heterocycles. The maximum atomic E-state index is 14.4. The number of halogens is 1. The van der Waals surface area contributed by atoms with Crippen molar-refractivity contribution >= 4 is 17.2 Å². The van der Waals surface area contributed by atoms with Crippen molar-refractivity contribution in [2.75, 3.05) is 25.5 Å². The average molecular weight is 433 g/mol. The molecule has 0 saturated heterocycles. The van der Waals surface area contributed by atoms with Crippen LogP contribution in [0.4, 0.5) is 10.1 Å². The van der Waals surface area contributed by atoms with Crippen LogP contribution >= 0.6 is 0 Å². The Kier molecular flexibility index (Phi) is 5.30. The molecule has 7 nitrogen and oxygen atoms in total. The van der Waals surface area contributed by atoms with Gasteiger partial charge in [0.05, 0.1) is 11.6 Å². The van der Waals surface area contributed by atoms with Gasteiger partial charge in [-0.2, -0.15) is 5.10 Å². The van der Waals surface area contributed by atoms with E-state index in [0.29, 0.717) is 29.9 Å². The summed E-state index contributed by atoms with van der Waals surface area (Å²) >= 11 is 0. The van der Waals surface area contributed by atoms with Gasteiger partial charge in [0.2, 0.25) is 0 Å². The summed E-state index contributed by atoms with van der Waals surface area (Å²) in [7, 11) is 1.92. The lowest BCUT2D eigenvalue weighted by molar-refractivity contribution is 0.0999. The second-order valence-corrected chi connectivity index (χ2v) is 8.17. The number of aromatic nitrogens is 3. The van der Waals surface area contributed by atoms with Gasteiger partial charge in [0.15, 0.2) is 5.78 Å². The molecule has 8 heteroatoms. The Balaban J connectivity index is 1.69. The number of nitrogens with zero attached hydrogens (tertiary/aromatic N) is 4. The first-order chi connectivity index (χ1) is 15.6. The molecule has 2 atom stereocenters. The van der Waals surface area contributed by atoms with E-state index in [4.69, 9.17) is 4.99 Å². The van der Waals surface area contributed by atoms with Crippen molar-refractivity contribution in [1.29, 1.82) is 0 Å². The summed E-state index contributed by atoms with van der Waals surface area (Å²) < 4.78 is 16.2. The molecule has 2 N–H and O–H groups in total. The molecule has 1 aromatic heterocycles. The van der Waals surface area contributed by atoms with Crippen LogP contribution in [-0.2, 0) is 13.1 Å². The highest BCUT2D eigenvalue weighted by atomic mass is 19.1. The molecular weight excluding hydrogens is 407 g/mol. The first-order valence-electron chi connectivity index (χ1n) is 10.9. The molecule has 3 aromatic rings. The second-order valence-electron chi connectivity index (χ2n) is 8.17. The number of carbonyl (C=O) groups excluding carboxylic acids is 1. The van der Waals surface area contributed by atoms with E-state index in [1.165, 1.54) is 17.7 Å². The molecule has 3 heterocycles. The maximum Gasteiger partial charge on any atom is 0.185 e. The van der Waals surface area contributed by atoms with Gasteiger partial charge in [-0.1, -0.05) is 24.3 Å². The number of nitrogens with one attached hydrogen (secondary N) is 2. The predicted octanol–water partition coefficient (Wildman–Crippen LogP) is 3.14. The molecule has 0 bridgehead atoms. The molecule has 2 unspecified atom stereocenters. The van der Waals surface area contributed by atoms with Crippen LogP contribution in [0.1, 0.15) is 51.6 Å². The third kappa shape index (κ3) is 3.40. The van der Waals surface area contributed by atoms with Gasteiger partial charge in [-0.25, -0.2) is 14.1 Å². The molecule has 5 rings (SSSR count). The third-order valence-corrected chi connectivity index (χ3v) is 6.27. The minimum atomic E-state index is -0.427. The normalized spacial score (nSPS) is 19.7. The number of hydrogen-bond donors (Lipinski definition) is 2. The largest absolute Gasteiger partial charge is 0.384 e. The number of hydrogen-bond acceptors (Lipinski definition) is 6. The Morgan fingerprint density at radius 1 is 1.25 bits per heavy atom. The summed E-state index contributed by atoms with van der Waals surface area (Å²) in [5.74, 6) is -0.0437. The molecule has 0 radical (unpaired) electrons. The molecule has 0 spiro atoms. The summed E-state index contributed by atoms with van der Waals surface area (Å²) in [6.45, 7) is 4.04. The van der Waals surface area contributed by atoms with E-state index in [0.717, 1.165) is 23.6 Å². The van der Waals surface area contributed by atoms with Gasteiger partial charge in [-0.3, -0.25) is 9.79 Å². The number of ketones is 1. The highest BCUT2D eigenvalue weighted by molar-refractivity contribution is 6.20. The number of benzene rings is 2. The molecule has 0 saturated carbocycles. The zero-order chi connectivity index (χ0) is 22.2. The van der Waals surface area contributed by atoms with E-state index in [-0.39, 0.29) is 24.2 Å². The van der Waals surface area contributed by atoms with Crippen molar-refractivity contribution < 1.29 is 9.18 Å². The number of aryl methyl sites for hydroxylation is 1. The average Bonchev–Trinajstić information content (AvgIpc) is 3.20. The van der Waals surface area contributed by atoms with Crippen LogP contribution in [0.15, 0.2) is 47.7 Å². The van der Waals surface area contributed by atoms with Crippen LogP contribution in [0.5, 0.6) is 0 Å². The first kappa shape index (κ1) is 20.5. The van der Waals surface area contributed by atoms with Crippen molar-refractivity contribution in [3.05, 3.63) is 76.6 Å². The van der Waals surface area contributed by atoms with Gasteiger partial charge in [0.25, 0.3) is 0 Å². The SMILES string of the molecule is CCn1ncnc1C1C2=NCC(=O)c3cc(F)cc(c32)NCC1c1ccc(CNC)cc1. The smallest absolute Gasteiger partial charge is 0.185 e. The van der Waals surface area contributed by atoms with E-state index in [1.807, 2.05) is 18.7 Å². The van der Waals surface area contributed by atoms with E-state index >= 15 is 0 Å². The van der Waals surface area contributed by atoms with Gasteiger partial charge in [0.1, 0.15) is 24.5 Å². The molecule has 0 aliphatic carbocycles. The molecular formula is C24H25FN6O. The summed E-state index contributed by atoms with van der Waals surface area (Å²) in [6, 6.07) is 11.3. The van der Waals surface area contributed by atoms with Crippen LogP contribution < -0.4 is 10.6 Å². The molecule has 32 heavy (non-hydrogen) atoms. The first-order valence-corrected chi connectivity index (χ1v) is 10.9. The number of aliphatic imine (C=N–C) groups is 1. The predicted molar refractivity (Wildman–Crippen MR) is 121 cm³/mol. The Morgan fingerprint density at radius 3 is 2.81 bits per heavy atom. The van der Waals surface area contributed by atoms with Crippen molar-refractivity contribution in [3.8, 4) is 0 Å². The summed E-state index contributed by atoms with van der Waals surface area (Å²) in [6.07, 6.45) is 1.56. The third-order valence-electron chi connectivity index (χ3n) is 6.27. The van der Waals surface area contributed by atoms with Crippen LogP contribution in [0.3, 0.4) is 0 Å². The fourth-order valence-electron chi connectivity index (χ4n) is 4.80. The van der Waals surface area contributed by atoms with E-state index in [1.54, 1.807) is 6.33 Å². The van der Waals surface area contributed by atoms with Gasteiger partial charge in [-0.05, 0) is 37.2 Å². The van der Waals surface area contributed by atoms with Gasteiger partial charge in [-0.15, -0.1) is 0 Å². The minimum Gasteiger partial charge on any atom is -0.384 e. The monoisotopic (exact) mass is 432 g/mol. The number of anilines is 1. The zero-order valence-corrected chi connectivity index (χ0v) is 18.1. The second kappa shape index (κ2) is 8.27. The van der Waals surface area contributed by atoms with E-state index in [2.05, 4.69) is 45.0 Å². The minimum absolute atomic E-state index is 0.00974. The Morgan fingerprint density at radius 2 is 2.06 bits per heavy atom. The molecule has 0 fully saturated rings. The Labute approximate surface area is 185 Å². The Bertz CT molecular complexity index is 1200. The van der Waals surface area contributed by atoms with Crippen LogP contribution in [0, 0.1) is 5.82 Å². The topological polar surface area (TPSA) is 84.2 Å². The molecule has 2 aromatic carbocycles. The lowest BCUT2D eigenvalue weighted by atomic mass is 9.78. The lowest BCUT2D eigenvalue weighted by Crippen LogP contribution is -2.30. The number of carbonyl (C=O) groups is 1. The van der Waals surface area contributed by atoms with Crippen molar-refractivity contribution in [1.82, 2.24) is 20.1 Å². The van der Waals surface area contributed by atoms with E-state index < -0.39 is 5.82 Å². The number of rotatable bonds is 5. The van der Waals surface area contributed by atoms with Crippen LogP contribution in [-0.4, -0.2) is 46.4 Å². The Hall–Kier alpha value is -3.39. The summed E-state index contributed by atoms with van der Waals surface area (Å²) in [5, 5.41) is 11.0. The highest BCUT2D eigenvalue weighted by Crippen LogP contribution is 2.42. The van der Waals surface area contributed by atoms with Gasteiger partial charge >= 0.3 is 0 Å². The fourth-order valence-corrected chi connectivity index (χ4v) is 4.80. The molecule has 2 aliphatic rings. The summed E-state index contributed by atoms with van der Waals surface area (Å²) in [5.41, 5.74) is 4.77. The van der Waals surface area contributed by atoms with E-state index in [9.17, 15) is 9.18 Å². The molecule has 164 valence electrons. The number of Topliss-reactive ketones (excluding diaryl/α,β-unsaturated/α-hetero) is 1. The summed E-state index contributed by atoms with van der Waals surface area (Å²) in [4.78, 5) is 21.9. The van der Waals surface area contributed by atoms with Gasteiger partial charge < -0.3 is 10.6 Å². The fraction of sp³-hybridized carbons (Fsp3) is 0.333. The standard InChI is InChI=1S/C24H25FN6O/c1-3-31-24(29-13-30-31)22-18(15-6-4-14(5-7-15)10-26-2)11-27-19-9-16(25)8-17-20(32)12-28-23(22)21(17)19/h4-9,13,18,22,26-27H,3,10-12H2,1-2H3. The maximum absolute atomic E-state index is 14.4. The van der Waals surface area contributed by atoms with Crippen LogP contribution in [0.2, 0.25) is 0 Å². The van der Waals surface area contributed by atoms with Crippen molar-refractivity contribution in [3.63, 3.8) is 0 Å². The van der Waals surface area contributed by atoms with Crippen LogP contribution in [0.25, 0.3) is 0 Å². The highest BCUT2D eigenvalue weighted by Gasteiger charge is 2.40. The quantitative estimate of drug-likeness (QED) is 0.647. The lowest BCUT2D eigenvalue weighted by Gasteiger charge is -2.28. The van der Waals surface area contributed by atoms with Crippen molar-refractivity contribution in [2.24, 2.45) is 4.99 Å². The molecule has 0 amide bonds.